The molecule has 0 saturated carbocycles. The van der Waals surface area contributed by atoms with Gasteiger partial charge >= 0.3 is 6.03 Å². The molecule has 30 heavy (non-hydrogen) atoms. The maximum Gasteiger partial charge on any atom is 0.321 e. The molecule has 1 aliphatic rings. The van der Waals surface area contributed by atoms with E-state index in [-0.39, 0.29) is 17.7 Å². The molecule has 7 nitrogen and oxygen atoms in total. The van der Waals surface area contributed by atoms with Gasteiger partial charge in [0.15, 0.2) is 5.78 Å². The van der Waals surface area contributed by atoms with Crippen LogP contribution in [0, 0.1) is 13.8 Å². The van der Waals surface area contributed by atoms with E-state index in [0.29, 0.717) is 43.9 Å². The number of benzene rings is 1. The fourth-order valence-electron chi connectivity index (χ4n) is 4.03. The van der Waals surface area contributed by atoms with E-state index in [2.05, 4.69) is 10.3 Å². The fourth-order valence-corrected chi connectivity index (χ4v) is 4.03. The normalized spacial score (nSPS) is 14.0. The Labute approximate surface area is 177 Å². The number of piperazine rings is 1. The highest BCUT2D eigenvalue weighted by Gasteiger charge is 2.29. The zero-order valence-electron chi connectivity index (χ0n) is 18.2. The van der Waals surface area contributed by atoms with Gasteiger partial charge in [-0.3, -0.25) is 9.59 Å². The minimum atomic E-state index is -0.158. The second-order valence-electron chi connectivity index (χ2n) is 7.86. The number of hydrogen-bond donors (Lipinski definition) is 2. The van der Waals surface area contributed by atoms with Crippen molar-refractivity contribution in [3.63, 3.8) is 0 Å². The van der Waals surface area contributed by atoms with Crippen molar-refractivity contribution in [1.29, 1.82) is 0 Å². The number of urea groups is 1. The van der Waals surface area contributed by atoms with Crippen molar-refractivity contribution in [3.8, 4) is 0 Å². The van der Waals surface area contributed by atoms with Crippen LogP contribution in [0.1, 0.15) is 57.9 Å². The van der Waals surface area contributed by atoms with Crippen molar-refractivity contribution in [2.45, 2.75) is 40.5 Å². The monoisotopic (exact) mass is 410 g/mol. The first-order chi connectivity index (χ1) is 14.3. The number of carbonyl (C=O) groups is 3. The molecule has 3 amide bonds. The Morgan fingerprint density at radius 2 is 1.73 bits per heavy atom. The molecule has 0 unspecified atom stereocenters. The minimum Gasteiger partial charge on any atom is -0.354 e. The van der Waals surface area contributed by atoms with Crippen LogP contribution in [0.5, 0.6) is 0 Å². The summed E-state index contributed by atoms with van der Waals surface area (Å²) >= 11 is 0. The third kappa shape index (κ3) is 4.56. The smallest absolute Gasteiger partial charge is 0.321 e. The largest absolute Gasteiger partial charge is 0.354 e. The molecule has 0 atom stereocenters. The van der Waals surface area contributed by atoms with E-state index >= 15 is 0 Å². The number of H-pyrrole nitrogens is 1. The summed E-state index contributed by atoms with van der Waals surface area (Å²) in [5.41, 5.74) is 4.55. The zero-order chi connectivity index (χ0) is 21.8. The van der Waals surface area contributed by atoms with Gasteiger partial charge in [-0.1, -0.05) is 25.5 Å². The maximum absolute atomic E-state index is 13.2. The predicted molar refractivity (Wildman–Crippen MR) is 117 cm³/mol. The topological polar surface area (TPSA) is 85.5 Å². The van der Waals surface area contributed by atoms with Gasteiger partial charge in [0.05, 0.1) is 0 Å². The Kier molecular flexibility index (Phi) is 6.59. The number of Topliss-reactive ketones (excluding diaryl/α,β-unsaturated/α-hetero) is 1. The SMILES string of the molecule is CCCc1c(C(=O)N2CCN(C(=O)Nc3cccc(C)c3)CC2)[nH]c(C)c1C(C)=O. The van der Waals surface area contributed by atoms with E-state index in [1.807, 2.05) is 45.0 Å². The lowest BCUT2D eigenvalue weighted by Gasteiger charge is -2.34. The summed E-state index contributed by atoms with van der Waals surface area (Å²) in [5.74, 6) is -0.128. The number of hydrogen-bond acceptors (Lipinski definition) is 3. The van der Waals surface area contributed by atoms with Gasteiger partial charge in [0, 0.05) is 43.1 Å². The number of anilines is 1. The van der Waals surface area contributed by atoms with Crippen LogP contribution in [0.2, 0.25) is 0 Å². The Bertz CT molecular complexity index is 955. The van der Waals surface area contributed by atoms with Gasteiger partial charge in [-0.05, 0) is 50.5 Å². The first kappa shape index (κ1) is 21.6. The average Bonchev–Trinajstić information content (AvgIpc) is 3.04. The number of aromatic amines is 1. The molecule has 1 fully saturated rings. The van der Waals surface area contributed by atoms with E-state index in [9.17, 15) is 14.4 Å². The highest BCUT2D eigenvalue weighted by Crippen LogP contribution is 2.23. The van der Waals surface area contributed by atoms with E-state index in [1.54, 1.807) is 9.80 Å². The highest BCUT2D eigenvalue weighted by atomic mass is 16.2. The molecule has 2 N–H and O–H groups in total. The number of rotatable bonds is 5. The molecule has 1 saturated heterocycles. The summed E-state index contributed by atoms with van der Waals surface area (Å²) in [5, 5.41) is 2.92. The molecule has 3 rings (SSSR count). The Hall–Kier alpha value is -3.09. The predicted octanol–water partition coefficient (Wildman–Crippen LogP) is 3.78. The Morgan fingerprint density at radius 3 is 2.33 bits per heavy atom. The third-order valence-corrected chi connectivity index (χ3v) is 5.48. The average molecular weight is 411 g/mol. The molecule has 2 aromatic rings. The van der Waals surface area contributed by atoms with Crippen LogP contribution in [0.25, 0.3) is 0 Å². The van der Waals surface area contributed by atoms with Gasteiger partial charge in [-0.25, -0.2) is 4.79 Å². The molecule has 0 bridgehead atoms. The molecular formula is C23H30N4O3. The number of aromatic nitrogens is 1. The molecule has 0 radical (unpaired) electrons. The van der Waals surface area contributed by atoms with Gasteiger partial charge in [-0.2, -0.15) is 0 Å². The summed E-state index contributed by atoms with van der Waals surface area (Å²) in [4.78, 5) is 44.4. The zero-order valence-corrected chi connectivity index (χ0v) is 18.2. The number of amides is 3. The van der Waals surface area contributed by atoms with Crippen molar-refractivity contribution in [2.24, 2.45) is 0 Å². The standard InChI is InChI=1S/C23H30N4O3/c1-5-7-19-20(17(4)28)16(3)24-21(19)22(29)26-10-12-27(13-11-26)23(30)25-18-9-6-8-15(2)14-18/h6,8-9,14,24H,5,7,10-13H2,1-4H3,(H,25,30). The van der Waals surface area contributed by atoms with Crippen LogP contribution in [0.4, 0.5) is 10.5 Å². The van der Waals surface area contributed by atoms with Crippen molar-refractivity contribution in [2.75, 3.05) is 31.5 Å². The van der Waals surface area contributed by atoms with Crippen molar-refractivity contribution in [1.82, 2.24) is 14.8 Å². The highest BCUT2D eigenvalue weighted by molar-refractivity contribution is 6.02. The second kappa shape index (κ2) is 9.15. The number of carbonyl (C=O) groups excluding carboxylic acids is 3. The van der Waals surface area contributed by atoms with Crippen molar-refractivity contribution < 1.29 is 14.4 Å². The summed E-state index contributed by atoms with van der Waals surface area (Å²) in [6, 6.07) is 7.51. The minimum absolute atomic E-state index is 0.0242. The summed E-state index contributed by atoms with van der Waals surface area (Å²) in [6.07, 6.45) is 1.53. The second-order valence-corrected chi connectivity index (χ2v) is 7.86. The lowest BCUT2D eigenvalue weighted by atomic mass is 10.0. The van der Waals surface area contributed by atoms with E-state index in [1.165, 1.54) is 6.92 Å². The van der Waals surface area contributed by atoms with Crippen LogP contribution in [0.3, 0.4) is 0 Å². The lowest BCUT2D eigenvalue weighted by Crippen LogP contribution is -2.51. The molecule has 160 valence electrons. The summed E-state index contributed by atoms with van der Waals surface area (Å²) < 4.78 is 0. The molecule has 1 aliphatic heterocycles. The van der Waals surface area contributed by atoms with Crippen LogP contribution in [0.15, 0.2) is 24.3 Å². The van der Waals surface area contributed by atoms with E-state index < -0.39 is 0 Å². The Morgan fingerprint density at radius 1 is 1.07 bits per heavy atom. The van der Waals surface area contributed by atoms with Crippen molar-refractivity contribution in [3.05, 3.63) is 52.3 Å². The molecule has 1 aromatic heterocycles. The van der Waals surface area contributed by atoms with Gasteiger partial charge in [0.25, 0.3) is 5.91 Å². The van der Waals surface area contributed by atoms with Gasteiger partial charge in [0.1, 0.15) is 5.69 Å². The van der Waals surface area contributed by atoms with Crippen LogP contribution in [-0.2, 0) is 6.42 Å². The molecule has 2 heterocycles. The molecule has 0 spiro atoms. The van der Waals surface area contributed by atoms with Crippen LogP contribution in [-0.4, -0.2) is 58.7 Å². The maximum atomic E-state index is 13.2. The first-order valence-corrected chi connectivity index (χ1v) is 10.5. The Balaban J connectivity index is 1.66. The number of aryl methyl sites for hydroxylation is 2. The van der Waals surface area contributed by atoms with Crippen LogP contribution < -0.4 is 5.32 Å². The van der Waals surface area contributed by atoms with Gasteiger partial charge < -0.3 is 20.1 Å². The van der Waals surface area contributed by atoms with E-state index in [4.69, 9.17) is 0 Å². The fraction of sp³-hybridized carbons (Fsp3) is 0.435. The van der Waals surface area contributed by atoms with Crippen LogP contribution >= 0.6 is 0 Å². The first-order valence-electron chi connectivity index (χ1n) is 10.5. The molecule has 7 heteroatoms. The van der Waals surface area contributed by atoms with E-state index in [0.717, 1.165) is 28.9 Å². The van der Waals surface area contributed by atoms with Gasteiger partial charge in [0.2, 0.25) is 0 Å². The molecular weight excluding hydrogens is 380 g/mol. The number of ketones is 1. The third-order valence-electron chi connectivity index (χ3n) is 5.48. The molecule has 1 aromatic carbocycles. The number of nitrogens with one attached hydrogen (secondary N) is 2. The summed E-state index contributed by atoms with van der Waals surface area (Å²) in [7, 11) is 0. The lowest BCUT2D eigenvalue weighted by molar-refractivity contribution is 0.0665. The molecule has 0 aliphatic carbocycles. The number of nitrogens with zero attached hydrogens (tertiary/aromatic N) is 2. The quantitative estimate of drug-likeness (QED) is 0.736. The van der Waals surface area contributed by atoms with Gasteiger partial charge in [-0.15, -0.1) is 0 Å². The summed E-state index contributed by atoms with van der Waals surface area (Å²) in [6.45, 7) is 9.23. The van der Waals surface area contributed by atoms with Crippen molar-refractivity contribution >= 4 is 23.4 Å².